The van der Waals surface area contributed by atoms with E-state index in [0.29, 0.717) is 24.4 Å². The summed E-state index contributed by atoms with van der Waals surface area (Å²) >= 11 is 0. The number of aryl methyl sites for hydroxylation is 1. The maximum Gasteiger partial charge on any atom is 0.372 e. The van der Waals surface area contributed by atoms with Crippen LogP contribution in [0.3, 0.4) is 0 Å². The molecule has 2 rings (SSSR count). The van der Waals surface area contributed by atoms with Gasteiger partial charge in [0.05, 0.1) is 12.5 Å². The molecule has 1 aliphatic heterocycles. The fourth-order valence-electron chi connectivity index (χ4n) is 2.49. The molecule has 1 aliphatic rings. The van der Waals surface area contributed by atoms with Crippen molar-refractivity contribution >= 4 is 11.9 Å². The van der Waals surface area contributed by atoms with Gasteiger partial charge in [-0.3, -0.25) is 9.69 Å². The lowest BCUT2D eigenvalue weighted by molar-refractivity contribution is -0.123. The second-order valence-corrected chi connectivity index (χ2v) is 5.01. The first-order chi connectivity index (χ1) is 8.97. The third-order valence-corrected chi connectivity index (χ3v) is 3.45. The number of aromatic carboxylic acids is 1. The van der Waals surface area contributed by atoms with Crippen molar-refractivity contribution in [2.75, 3.05) is 13.1 Å². The second-order valence-electron chi connectivity index (χ2n) is 5.01. The highest BCUT2D eigenvalue weighted by atomic mass is 16.4. The van der Waals surface area contributed by atoms with E-state index in [4.69, 9.17) is 15.3 Å². The van der Waals surface area contributed by atoms with Crippen molar-refractivity contribution in [3.63, 3.8) is 0 Å². The number of rotatable bonds is 4. The van der Waals surface area contributed by atoms with Crippen LogP contribution in [0.25, 0.3) is 0 Å². The van der Waals surface area contributed by atoms with Crippen LogP contribution in [0.1, 0.15) is 34.7 Å². The second kappa shape index (κ2) is 5.44. The lowest BCUT2D eigenvalue weighted by Gasteiger charge is -2.30. The van der Waals surface area contributed by atoms with Crippen LogP contribution in [0.15, 0.2) is 10.5 Å². The number of piperidine rings is 1. The fourth-order valence-corrected chi connectivity index (χ4v) is 2.49. The topological polar surface area (TPSA) is 96.8 Å². The monoisotopic (exact) mass is 266 g/mol. The van der Waals surface area contributed by atoms with E-state index in [-0.39, 0.29) is 17.6 Å². The molecular formula is C13H18N2O4. The van der Waals surface area contributed by atoms with E-state index in [1.165, 1.54) is 0 Å². The van der Waals surface area contributed by atoms with Crippen LogP contribution in [-0.2, 0) is 11.3 Å². The number of carboxylic acids is 1. The van der Waals surface area contributed by atoms with Gasteiger partial charge in [0.1, 0.15) is 5.76 Å². The van der Waals surface area contributed by atoms with Gasteiger partial charge in [0.15, 0.2) is 0 Å². The molecule has 6 nitrogen and oxygen atoms in total. The van der Waals surface area contributed by atoms with Crippen LogP contribution in [0.5, 0.6) is 0 Å². The average Bonchev–Trinajstić information content (AvgIpc) is 2.70. The van der Waals surface area contributed by atoms with Crippen molar-refractivity contribution in [2.45, 2.75) is 26.3 Å². The lowest BCUT2D eigenvalue weighted by Crippen LogP contribution is -2.40. The Bertz CT molecular complexity index is 495. The van der Waals surface area contributed by atoms with Gasteiger partial charge < -0.3 is 15.3 Å². The first-order valence-corrected chi connectivity index (χ1v) is 6.31. The van der Waals surface area contributed by atoms with Gasteiger partial charge >= 0.3 is 5.97 Å². The minimum absolute atomic E-state index is 0.0153. The molecule has 0 radical (unpaired) electrons. The van der Waals surface area contributed by atoms with E-state index < -0.39 is 5.97 Å². The summed E-state index contributed by atoms with van der Waals surface area (Å²) in [6.07, 6.45) is 1.74. The molecule has 1 amide bonds. The zero-order valence-corrected chi connectivity index (χ0v) is 10.9. The van der Waals surface area contributed by atoms with E-state index in [1.54, 1.807) is 13.0 Å². The first-order valence-electron chi connectivity index (χ1n) is 6.31. The molecule has 19 heavy (non-hydrogen) atoms. The number of likely N-dealkylation sites (tertiary alicyclic amines) is 1. The number of carbonyl (C=O) groups is 2. The molecule has 1 aromatic heterocycles. The maximum atomic E-state index is 11.2. The summed E-state index contributed by atoms with van der Waals surface area (Å²) in [5.74, 6) is -0.855. The first kappa shape index (κ1) is 13.6. The molecule has 6 heteroatoms. The number of nitrogens with two attached hydrogens (primary N) is 1. The summed E-state index contributed by atoms with van der Waals surface area (Å²) in [6.45, 7) is 3.69. The minimum atomic E-state index is -1.06. The molecule has 0 aromatic carbocycles. The summed E-state index contributed by atoms with van der Waals surface area (Å²) in [7, 11) is 0. The Kier molecular flexibility index (Phi) is 3.90. The van der Waals surface area contributed by atoms with Crippen molar-refractivity contribution < 1.29 is 19.1 Å². The van der Waals surface area contributed by atoms with Crippen molar-refractivity contribution in [3.05, 3.63) is 23.2 Å². The Morgan fingerprint density at radius 1 is 1.58 bits per heavy atom. The average molecular weight is 266 g/mol. The summed E-state index contributed by atoms with van der Waals surface area (Å²) in [4.78, 5) is 24.2. The zero-order chi connectivity index (χ0) is 14.0. The van der Waals surface area contributed by atoms with Crippen molar-refractivity contribution in [1.29, 1.82) is 0 Å². The molecule has 0 spiro atoms. The number of hydrogen-bond acceptors (Lipinski definition) is 4. The zero-order valence-electron chi connectivity index (χ0n) is 10.9. The molecule has 104 valence electrons. The quantitative estimate of drug-likeness (QED) is 0.846. The Labute approximate surface area is 111 Å². The standard InChI is InChI=1S/C13H18N2O4/c1-8-5-10(19-11(8)13(17)18)7-15-4-2-3-9(6-15)12(14)16/h5,9H,2-4,6-7H2,1H3,(H2,14,16)(H,17,18). The van der Waals surface area contributed by atoms with Crippen molar-refractivity contribution in [2.24, 2.45) is 11.7 Å². The van der Waals surface area contributed by atoms with Gasteiger partial charge in [-0.1, -0.05) is 0 Å². The van der Waals surface area contributed by atoms with Gasteiger partial charge in [0.2, 0.25) is 11.7 Å². The summed E-state index contributed by atoms with van der Waals surface area (Å²) in [5.41, 5.74) is 5.94. The number of nitrogens with zero attached hydrogens (tertiary/aromatic N) is 1. The largest absolute Gasteiger partial charge is 0.475 e. The Balaban J connectivity index is 2.03. The molecule has 3 N–H and O–H groups in total. The fraction of sp³-hybridized carbons (Fsp3) is 0.538. The number of carbonyl (C=O) groups excluding carboxylic acids is 1. The lowest BCUT2D eigenvalue weighted by atomic mass is 9.97. The van der Waals surface area contributed by atoms with E-state index >= 15 is 0 Å². The molecule has 2 heterocycles. The van der Waals surface area contributed by atoms with Crippen LogP contribution < -0.4 is 5.73 Å². The smallest absolute Gasteiger partial charge is 0.372 e. The normalized spacial score (nSPS) is 20.4. The molecule has 1 unspecified atom stereocenters. The summed E-state index contributed by atoms with van der Waals surface area (Å²) in [5, 5.41) is 8.93. The highest BCUT2D eigenvalue weighted by molar-refractivity contribution is 5.86. The Morgan fingerprint density at radius 3 is 2.89 bits per heavy atom. The highest BCUT2D eigenvalue weighted by Gasteiger charge is 2.25. The van der Waals surface area contributed by atoms with E-state index in [0.717, 1.165) is 19.4 Å². The third-order valence-electron chi connectivity index (χ3n) is 3.45. The van der Waals surface area contributed by atoms with Crippen LogP contribution in [0, 0.1) is 12.8 Å². The number of hydrogen-bond donors (Lipinski definition) is 2. The molecule has 1 saturated heterocycles. The minimum Gasteiger partial charge on any atom is -0.475 e. The van der Waals surface area contributed by atoms with Crippen molar-refractivity contribution in [1.82, 2.24) is 4.90 Å². The van der Waals surface area contributed by atoms with Gasteiger partial charge in [0.25, 0.3) is 0 Å². The van der Waals surface area contributed by atoms with Gasteiger partial charge in [-0.2, -0.15) is 0 Å². The van der Waals surface area contributed by atoms with E-state index in [9.17, 15) is 9.59 Å². The van der Waals surface area contributed by atoms with Gasteiger partial charge in [-0.05, 0) is 32.4 Å². The molecule has 1 aromatic rings. The Morgan fingerprint density at radius 2 is 2.32 bits per heavy atom. The third kappa shape index (κ3) is 3.14. The number of furan rings is 1. The molecule has 0 saturated carbocycles. The van der Waals surface area contributed by atoms with Crippen LogP contribution >= 0.6 is 0 Å². The predicted octanol–water partition coefficient (Wildman–Crippen LogP) is 0.984. The Hall–Kier alpha value is -1.82. The van der Waals surface area contributed by atoms with Crippen LogP contribution in [-0.4, -0.2) is 35.0 Å². The molecule has 0 aliphatic carbocycles. The number of carboxylic acid groups (broad SMARTS) is 1. The van der Waals surface area contributed by atoms with Gasteiger partial charge in [-0.15, -0.1) is 0 Å². The van der Waals surface area contributed by atoms with Gasteiger partial charge in [-0.25, -0.2) is 4.79 Å². The summed E-state index contributed by atoms with van der Waals surface area (Å²) < 4.78 is 5.32. The van der Waals surface area contributed by atoms with E-state index in [2.05, 4.69) is 4.90 Å². The van der Waals surface area contributed by atoms with Crippen LogP contribution in [0.2, 0.25) is 0 Å². The molecular weight excluding hydrogens is 248 g/mol. The van der Waals surface area contributed by atoms with Gasteiger partial charge in [0, 0.05) is 12.1 Å². The number of amides is 1. The summed E-state index contributed by atoms with van der Waals surface area (Å²) in [6, 6.07) is 1.73. The van der Waals surface area contributed by atoms with E-state index in [1.807, 2.05) is 0 Å². The van der Waals surface area contributed by atoms with Crippen molar-refractivity contribution in [3.8, 4) is 0 Å². The molecule has 1 atom stereocenters. The van der Waals surface area contributed by atoms with Crippen LogP contribution in [0.4, 0.5) is 0 Å². The molecule has 1 fully saturated rings. The number of primary amides is 1. The highest BCUT2D eigenvalue weighted by Crippen LogP contribution is 2.21. The maximum absolute atomic E-state index is 11.2. The molecule has 0 bridgehead atoms. The SMILES string of the molecule is Cc1cc(CN2CCCC(C(N)=O)C2)oc1C(=O)O. The predicted molar refractivity (Wildman–Crippen MR) is 67.6 cm³/mol.